The molecule has 2 rings (SSSR count). The van der Waals surface area contributed by atoms with E-state index >= 15 is 0 Å². The largest absolute Gasteiger partial charge is 0.382 e. The summed E-state index contributed by atoms with van der Waals surface area (Å²) in [6.45, 7) is 9.03. The molecule has 0 radical (unpaired) electrons. The van der Waals surface area contributed by atoms with Crippen molar-refractivity contribution < 1.29 is 4.74 Å². The molecule has 1 fully saturated rings. The number of piperidine rings is 1. The van der Waals surface area contributed by atoms with E-state index in [2.05, 4.69) is 52.5 Å². The van der Waals surface area contributed by atoms with Crippen molar-refractivity contribution in [2.45, 2.75) is 32.6 Å². The van der Waals surface area contributed by atoms with Crippen molar-refractivity contribution >= 4 is 29.9 Å². The fourth-order valence-electron chi connectivity index (χ4n) is 3.38. The minimum Gasteiger partial charge on any atom is -0.382 e. The van der Waals surface area contributed by atoms with Gasteiger partial charge in [0.1, 0.15) is 0 Å². The summed E-state index contributed by atoms with van der Waals surface area (Å²) in [5.74, 6) is 2.32. The summed E-state index contributed by atoms with van der Waals surface area (Å²) in [5.41, 5.74) is 1.47. The standard InChI is InChI=1S/C19H31N3O.HI/c1-4-23-14-8-12-21-19(20-3)22-13-11-18(16(2)15-22)17-9-6-5-7-10-17;/h5-7,9-10,16,18H,4,8,11-15H2,1-3H3,(H,20,21);1H. The Morgan fingerprint density at radius 1 is 1.33 bits per heavy atom. The molecule has 0 bridgehead atoms. The van der Waals surface area contributed by atoms with Crippen LogP contribution in [0.2, 0.25) is 0 Å². The predicted octanol–water partition coefficient (Wildman–Crippen LogP) is 3.73. The van der Waals surface area contributed by atoms with Gasteiger partial charge in [-0.1, -0.05) is 37.3 Å². The Balaban J connectivity index is 0.00000288. The maximum absolute atomic E-state index is 5.38. The van der Waals surface area contributed by atoms with Gasteiger partial charge in [0, 0.05) is 39.9 Å². The predicted molar refractivity (Wildman–Crippen MR) is 112 cm³/mol. The molecule has 0 aliphatic carbocycles. The zero-order valence-corrected chi connectivity index (χ0v) is 17.5. The summed E-state index contributed by atoms with van der Waals surface area (Å²) in [4.78, 5) is 6.85. The van der Waals surface area contributed by atoms with E-state index in [-0.39, 0.29) is 24.0 Å². The number of benzene rings is 1. The second-order valence-corrected chi connectivity index (χ2v) is 6.25. The average molecular weight is 445 g/mol. The summed E-state index contributed by atoms with van der Waals surface area (Å²) >= 11 is 0. The molecular weight excluding hydrogens is 413 g/mol. The first kappa shape index (κ1) is 21.2. The van der Waals surface area contributed by atoms with Gasteiger partial charge in [-0.2, -0.15) is 0 Å². The highest BCUT2D eigenvalue weighted by Crippen LogP contribution is 2.32. The van der Waals surface area contributed by atoms with Crippen LogP contribution in [0.5, 0.6) is 0 Å². The van der Waals surface area contributed by atoms with Gasteiger partial charge < -0.3 is 15.0 Å². The number of hydrogen-bond acceptors (Lipinski definition) is 2. The summed E-state index contributed by atoms with van der Waals surface area (Å²) in [6, 6.07) is 10.9. The summed E-state index contributed by atoms with van der Waals surface area (Å²) < 4.78 is 5.38. The molecule has 0 amide bonds. The van der Waals surface area contributed by atoms with Crippen molar-refractivity contribution in [3.05, 3.63) is 35.9 Å². The van der Waals surface area contributed by atoms with Crippen LogP contribution < -0.4 is 5.32 Å². The highest BCUT2D eigenvalue weighted by molar-refractivity contribution is 14.0. The number of aliphatic imine (C=N–C) groups is 1. The molecular formula is C19H32IN3O. The van der Waals surface area contributed by atoms with Gasteiger partial charge in [-0.15, -0.1) is 24.0 Å². The van der Waals surface area contributed by atoms with Crippen LogP contribution in [0, 0.1) is 5.92 Å². The lowest BCUT2D eigenvalue weighted by Crippen LogP contribution is -2.48. The van der Waals surface area contributed by atoms with Gasteiger partial charge in [0.05, 0.1) is 0 Å². The molecule has 2 atom stereocenters. The van der Waals surface area contributed by atoms with Crippen LogP contribution in [0.25, 0.3) is 0 Å². The third kappa shape index (κ3) is 6.24. The van der Waals surface area contributed by atoms with Gasteiger partial charge in [-0.3, -0.25) is 4.99 Å². The van der Waals surface area contributed by atoms with Gasteiger partial charge in [0.25, 0.3) is 0 Å². The Kier molecular flexibility index (Phi) is 10.3. The molecule has 0 aromatic heterocycles. The molecule has 1 heterocycles. The molecule has 0 saturated carbocycles. The quantitative estimate of drug-likeness (QED) is 0.314. The van der Waals surface area contributed by atoms with E-state index in [9.17, 15) is 0 Å². The minimum atomic E-state index is 0. The van der Waals surface area contributed by atoms with Crippen LogP contribution in [0.15, 0.2) is 35.3 Å². The number of nitrogens with zero attached hydrogens (tertiary/aromatic N) is 2. The number of guanidine groups is 1. The van der Waals surface area contributed by atoms with Gasteiger partial charge in [0.15, 0.2) is 5.96 Å². The molecule has 1 saturated heterocycles. The number of ether oxygens (including phenoxy) is 1. The Hall–Kier alpha value is -0.820. The topological polar surface area (TPSA) is 36.9 Å². The summed E-state index contributed by atoms with van der Waals surface area (Å²) in [5, 5.41) is 3.47. The number of halogens is 1. The number of hydrogen-bond donors (Lipinski definition) is 1. The van der Waals surface area contributed by atoms with E-state index in [1.165, 1.54) is 12.0 Å². The normalized spacial score (nSPS) is 21.3. The molecule has 0 spiro atoms. The highest BCUT2D eigenvalue weighted by Gasteiger charge is 2.28. The Morgan fingerprint density at radius 3 is 2.71 bits per heavy atom. The van der Waals surface area contributed by atoms with Crippen LogP contribution in [-0.4, -0.2) is 50.8 Å². The van der Waals surface area contributed by atoms with Crippen LogP contribution in [0.4, 0.5) is 0 Å². The van der Waals surface area contributed by atoms with E-state index in [0.29, 0.717) is 11.8 Å². The number of nitrogens with one attached hydrogen (secondary N) is 1. The molecule has 1 aromatic rings. The lowest BCUT2D eigenvalue weighted by atomic mass is 9.82. The van der Waals surface area contributed by atoms with Crippen LogP contribution in [0.3, 0.4) is 0 Å². The van der Waals surface area contributed by atoms with Gasteiger partial charge in [-0.25, -0.2) is 0 Å². The smallest absolute Gasteiger partial charge is 0.193 e. The Bertz CT molecular complexity index is 481. The van der Waals surface area contributed by atoms with Crippen molar-refractivity contribution in [2.75, 3.05) is 39.9 Å². The van der Waals surface area contributed by atoms with Crippen molar-refractivity contribution in [1.29, 1.82) is 0 Å². The first-order valence-corrected chi connectivity index (χ1v) is 8.84. The lowest BCUT2D eigenvalue weighted by molar-refractivity contribution is 0.145. The molecule has 1 aliphatic rings. The second-order valence-electron chi connectivity index (χ2n) is 6.25. The molecule has 24 heavy (non-hydrogen) atoms. The fourth-order valence-corrected chi connectivity index (χ4v) is 3.38. The average Bonchev–Trinajstić information content (AvgIpc) is 2.59. The van der Waals surface area contributed by atoms with Crippen LogP contribution in [-0.2, 0) is 4.74 Å². The second kappa shape index (κ2) is 11.7. The summed E-state index contributed by atoms with van der Waals surface area (Å²) in [7, 11) is 1.87. The van der Waals surface area contributed by atoms with Crippen LogP contribution >= 0.6 is 24.0 Å². The lowest BCUT2D eigenvalue weighted by Gasteiger charge is -2.39. The summed E-state index contributed by atoms with van der Waals surface area (Å²) in [6.07, 6.45) is 2.20. The first-order valence-electron chi connectivity index (χ1n) is 8.84. The third-order valence-corrected chi connectivity index (χ3v) is 4.60. The molecule has 136 valence electrons. The fraction of sp³-hybridized carbons (Fsp3) is 0.632. The molecule has 1 N–H and O–H groups in total. The van der Waals surface area contributed by atoms with Crippen molar-refractivity contribution in [3.8, 4) is 0 Å². The zero-order valence-electron chi connectivity index (χ0n) is 15.2. The van der Waals surface area contributed by atoms with Gasteiger partial charge in [0.2, 0.25) is 0 Å². The molecule has 5 heteroatoms. The maximum Gasteiger partial charge on any atom is 0.193 e. The van der Waals surface area contributed by atoms with Gasteiger partial charge in [-0.05, 0) is 37.2 Å². The first-order chi connectivity index (χ1) is 11.3. The minimum absolute atomic E-state index is 0. The van der Waals surface area contributed by atoms with E-state index in [1.54, 1.807) is 0 Å². The zero-order chi connectivity index (χ0) is 16.5. The Morgan fingerprint density at radius 2 is 2.08 bits per heavy atom. The van der Waals surface area contributed by atoms with E-state index < -0.39 is 0 Å². The number of rotatable bonds is 6. The molecule has 1 aromatic carbocycles. The third-order valence-electron chi connectivity index (χ3n) is 4.60. The van der Waals surface area contributed by atoms with Crippen molar-refractivity contribution in [2.24, 2.45) is 10.9 Å². The van der Waals surface area contributed by atoms with Crippen LogP contribution in [0.1, 0.15) is 38.2 Å². The van der Waals surface area contributed by atoms with Crippen molar-refractivity contribution in [1.82, 2.24) is 10.2 Å². The Labute approximate surface area is 164 Å². The molecule has 1 aliphatic heterocycles. The van der Waals surface area contributed by atoms with E-state index in [0.717, 1.165) is 45.2 Å². The highest BCUT2D eigenvalue weighted by atomic mass is 127. The number of likely N-dealkylation sites (tertiary alicyclic amines) is 1. The molecule has 4 nitrogen and oxygen atoms in total. The SMILES string of the molecule is CCOCCCNC(=NC)N1CCC(c2ccccc2)C(C)C1.I. The maximum atomic E-state index is 5.38. The van der Waals surface area contributed by atoms with Gasteiger partial charge >= 0.3 is 0 Å². The van der Waals surface area contributed by atoms with Crippen molar-refractivity contribution in [3.63, 3.8) is 0 Å². The van der Waals surface area contributed by atoms with E-state index in [4.69, 9.17) is 4.74 Å². The molecule has 2 unspecified atom stereocenters. The van der Waals surface area contributed by atoms with E-state index in [1.807, 2.05) is 14.0 Å². The monoisotopic (exact) mass is 445 g/mol.